The van der Waals surface area contributed by atoms with Gasteiger partial charge in [-0.3, -0.25) is 4.79 Å². The number of fused-ring (bicyclic) bond motifs is 1. The second-order valence-corrected chi connectivity index (χ2v) is 11.2. The summed E-state index contributed by atoms with van der Waals surface area (Å²) in [7, 11) is 1.19. The summed E-state index contributed by atoms with van der Waals surface area (Å²) < 4.78 is 54.4. The fourth-order valence-electron chi connectivity index (χ4n) is 4.08. The maximum atomic E-state index is 14.8. The van der Waals surface area contributed by atoms with Crippen LogP contribution in [0, 0.1) is 22.9 Å². The summed E-state index contributed by atoms with van der Waals surface area (Å²) in [6, 6.07) is 0.0154. The van der Waals surface area contributed by atoms with Crippen molar-refractivity contribution in [2.75, 3.05) is 13.7 Å². The molecule has 12 heteroatoms. The maximum Gasteiger partial charge on any atom is 0.410 e. The molecule has 0 saturated heterocycles. The summed E-state index contributed by atoms with van der Waals surface area (Å²) in [6.07, 6.45) is -0.240. The predicted octanol–water partition coefficient (Wildman–Crippen LogP) is 4.43. The summed E-state index contributed by atoms with van der Waals surface area (Å²) in [4.78, 5) is 44.5. The van der Waals surface area contributed by atoms with Crippen LogP contribution >= 0.6 is 0 Å². The molecule has 38 heavy (non-hydrogen) atoms. The molecule has 2 aromatic rings. The fourth-order valence-corrected chi connectivity index (χ4v) is 4.08. The molecule has 1 aliphatic heterocycles. The number of hydrogen-bond donors (Lipinski definition) is 1. The van der Waals surface area contributed by atoms with Crippen molar-refractivity contribution in [3.63, 3.8) is 0 Å². The van der Waals surface area contributed by atoms with Crippen LogP contribution in [0.25, 0.3) is 11.4 Å². The molecule has 0 fully saturated rings. The van der Waals surface area contributed by atoms with Gasteiger partial charge in [-0.1, -0.05) is 20.8 Å². The van der Waals surface area contributed by atoms with Crippen LogP contribution in [0.2, 0.25) is 0 Å². The number of hydrogen-bond acceptors (Lipinski definition) is 6. The third-order valence-electron chi connectivity index (χ3n) is 5.92. The Balaban J connectivity index is 2.14. The van der Waals surface area contributed by atoms with Crippen LogP contribution in [-0.2, 0) is 27.4 Å². The van der Waals surface area contributed by atoms with Crippen molar-refractivity contribution >= 4 is 18.0 Å². The molecule has 0 saturated carbocycles. The summed E-state index contributed by atoms with van der Waals surface area (Å²) >= 11 is 0. The first-order valence-corrected chi connectivity index (χ1v) is 12.1. The highest BCUT2D eigenvalue weighted by Crippen LogP contribution is 2.31. The lowest BCUT2D eigenvalue weighted by molar-refractivity contribution is -0.145. The molecule has 1 aliphatic rings. The van der Waals surface area contributed by atoms with Crippen molar-refractivity contribution in [3.8, 4) is 11.4 Å². The molecule has 1 unspecified atom stereocenters. The number of halogens is 3. The van der Waals surface area contributed by atoms with E-state index in [1.54, 1.807) is 41.5 Å². The number of benzene rings is 1. The van der Waals surface area contributed by atoms with Crippen molar-refractivity contribution < 1.29 is 37.0 Å². The monoisotopic (exact) mass is 538 g/mol. The Labute approximate surface area is 219 Å². The molecule has 208 valence electrons. The van der Waals surface area contributed by atoms with Gasteiger partial charge in [-0.25, -0.2) is 27.7 Å². The number of imidazole rings is 1. The van der Waals surface area contributed by atoms with Crippen molar-refractivity contribution in [1.82, 2.24) is 19.8 Å². The van der Waals surface area contributed by atoms with Crippen LogP contribution in [0.1, 0.15) is 64.1 Å². The standard InChI is InChI=1S/C26H33F3N4O5/c1-25(2,3)20(23(35)37-7)31-22(34)19-18-13-32(24(36)38-26(4,5)6)9-8-10-33(18)21(30-19)14-11-16(28)17(29)12-15(14)27/h11-12,20H,8-10,13H2,1-7H3,(H,31,34). The first-order valence-electron chi connectivity index (χ1n) is 12.1. The van der Waals surface area contributed by atoms with Gasteiger partial charge in [-0.2, -0.15) is 0 Å². The van der Waals surface area contributed by atoms with Crippen molar-refractivity contribution in [2.24, 2.45) is 5.41 Å². The zero-order valence-corrected chi connectivity index (χ0v) is 22.6. The lowest BCUT2D eigenvalue weighted by atomic mass is 9.86. The van der Waals surface area contributed by atoms with Crippen LogP contribution in [0.3, 0.4) is 0 Å². The van der Waals surface area contributed by atoms with E-state index in [1.807, 2.05) is 0 Å². The van der Waals surface area contributed by atoms with E-state index in [4.69, 9.17) is 9.47 Å². The minimum atomic E-state index is -1.37. The minimum Gasteiger partial charge on any atom is -0.467 e. The molecule has 1 aromatic carbocycles. The number of amides is 2. The van der Waals surface area contributed by atoms with Gasteiger partial charge in [0.1, 0.15) is 23.3 Å². The molecular weight excluding hydrogens is 505 g/mol. The second kappa shape index (κ2) is 10.7. The van der Waals surface area contributed by atoms with Gasteiger partial charge in [-0.05, 0) is 38.7 Å². The number of methoxy groups -OCH3 is 1. The van der Waals surface area contributed by atoms with E-state index in [0.717, 1.165) is 0 Å². The number of aromatic nitrogens is 2. The molecule has 0 spiro atoms. The Morgan fingerprint density at radius 3 is 2.21 bits per heavy atom. The van der Waals surface area contributed by atoms with Crippen LogP contribution < -0.4 is 5.32 Å². The quantitative estimate of drug-likeness (QED) is 0.457. The molecule has 1 aromatic heterocycles. The highest BCUT2D eigenvalue weighted by atomic mass is 19.2. The van der Waals surface area contributed by atoms with Gasteiger partial charge in [0, 0.05) is 19.2 Å². The maximum absolute atomic E-state index is 14.8. The Morgan fingerprint density at radius 2 is 1.63 bits per heavy atom. The number of carbonyl (C=O) groups is 3. The van der Waals surface area contributed by atoms with E-state index >= 15 is 0 Å². The van der Waals surface area contributed by atoms with Gasteiger partial charge >= 0.3 is 12.1 Å². The molecule has 0 bridgehead atoms. The predicted molar refractivity (Wildman–Crippen MR) is 132 cm³/mol. The average Bonchev–Trinajstić information content (AvgIpc) is 2.99. The molecule has 0 aliphatic carbocycles. The van der Waals surface area contributed by atoms with Crippen molar-refractivity contribution in [3.05, 3.63) is 41.0 Å². The summed E-state index contributed by atoms with van der Waals surface area (Å²) in [5.74, 6) is -5.30. The van der Waals surface area contributed by atoms with E-state index in [0.29, 0.717) is 18.6 Å². The van der Waals surface area contributed by atoms with Crippen molar-refractivity contribution in [2.45, 2.75) is 72.7 Å². The Hall–Kier alpha value is -3.57. The average molecular weight is 539 g/mol. The zero-order valence-electron chi connectivity index (χ0n) is 22.6. The number of nitrogens with one attached hydrogen (secondary N) is 1. The third-order valence-corrected chi connectivity index (χ3v) is 5.92. The minimum absolute atomic E-state index is 0.113. The summed E-state index contributed by atoms with van der Waals surface area (Å²) in [5, 5.41) is 2.62. The zero-order chi connectivity index (χ0) is 28.6. The molecule has 9 nitrogen and oxygen atoms in total. The highest BCUT2D eigenvalue weighted by molar-refractivity contribution is 5.97. The van der Waals surface area contributed by atoms with Gasteiger partial charge in [0.25, 0.3) is 5.91 Å². The van der Waals surface area contributed by atoms with E-state index in [1.165, 1.54) is 16.6 Å². The van der Waals surface area contributed by atoms with Gasteiger partial charge < -0.3 is 24.3 Å². The van der Waals surface area contributed by atoms with Gasteiger partial charge in [0.2, 0.25) is 0 Å². The van der Waals surface area contributed by atoms with Crippen LogP contribution in [-0.4, -0.2) is 57.7 Å². The van der Waals surface area contributed by atoms with Gasteiger partial charge in [0.05, 0.1) is 24.9 Å². The lowest BCUT2D eigenvalue weighted by Gasteiger charge is -2.29. The Bertz CT molecular complexity index is 1250. The summed E-state index contributed by atoms with van der Waals surface area (Å²) in [5.41, 5.74) is -1.84. The molecule has 3 rings (SSSR count). The second-order valence-electron chi connectivity index (χ2n) is 11.2. The SMILES string of the molecule is COC(=O)C(NC(=O)c1nc(-c2cc(F)c(F)cc2F)n2c1CN(C(=O)OC(C)(C)C)CCC2)C(C)(C)C. The molecule has 1 N–H and O–H groups in total. The first-order chi connectivity index (χ1) is 17.5. The van der Waals surface area contributed by atoms with Crippen LogP contribution in [0.15, 0.2) is 12.1 Å². The smallest absolute Gasteiger partial charge is 0.410 e. The molecule has 1 atom stereocenters. The molecule has 2 amide bonds. The Kier molecular flexibility index (Phi) is 8.13. The Morgan fingerprint density at radius 1 is 1.00 bits per heavy atom. The number of carbonyl (C=O) groups excluding carboxylic acids is 3. The summed E-state index contributed by atoms with van der Waals surface area (Å²) in [6.45, 7) is 10.7. The van der Waals surface area contributed by atoms with E-state index in [-0.39, 0.29) is 42.4 Å². The number of rotatable bonds is 4. The first kappa shape index (κ1) is 29.0. The van der Waals surface area contributed by atoms with Gasteiger partial charge in [-0.15, -0.1) is 0 Å². The number of ether oxygens (including phenoxy) is 2. The van der Waals surface area contributed by atoms with Crippen LogP contribution in [0.5, 0.6) is 0 Å². The topological polar surface area (TPSA) is 103 Å². The number of nitrogens with zero attached hydrogens (tertiary/aromatic N) is 3. The largest absolute Gasteiger partial charge is 0.467 e. The van der Waals surface area contributed by atoms with Gasteiger partial charge in [0.15, 0.2) is 17.3 Å². The van der Waals surface area contributed by atoms with E-state index in [2.05, 4.69) is 10.3 Å². The molecular formula is C26H33F3N4O5. The van der Waals surface area contributed by atoms with E-state index in [9.17, 15) is 27.6 Å². The fraction of sp³-hybridized carbons (Fsp3) is 0.538. The van der Waals surface area contributed by atoms with Crippen molar-refractivity contribution in [1.29, 1.82) is 0 Å². The highest BCUT2D eigenvalue weighted by Gasteiger charge is 2.37. The molecule has 0 radical (unpaired) electrons. The third kappa shape index (κ3) is 6.28. The normalized spacial score (nSPS) is 14.8. The lowest BCUT2D eigenvalue weighted by Crippen LogP contribution is -2.50. The number of esters is 1. The molecule has 2 heterocycles. The van der Waals surface area contributed by atoms with Crippen LogP contribution in [0.4, 0.5) is 18.0 Å². The van der Waals surface area contributed by atoms with E-state index < -0.39 is 52.5 Å².